The molecule has 8 heteroatoms. The standard InChI is InChI=1S/C33H32N4O3S/c1-22-12-14-25(15-13-22)21-39-29-11-7-8-26(16-29)31-27(20-37(35-31)28-9-5-4-6-10-28)17-30-32(38)34-33(41-30)36-18-23(2)40-24(3)19-36/h4-17,20,23-24H,18-19,21H2,1-3H3. The van der Waals surface area contributed by atoms with Crippen LogP contribution < -0.4 is 4.74 Å². The highest BCUT2D eigenvalue weighted by atomic mass is 32.2. The molecule has 0 N–H and O–H groups in total. The second-order valence-electron chi connectivity index (χ2n) is 10.5. The van der Waals surface area contributed by atoms with Gasteiger partial charge in [-0.05, 0) is 68.4 Å². The van der Waals surface area contributed by atoms with Crippen LogP contribution in [0.1, 0.15) is 30.5 Å². The van der Waals surface area contributed by atoms with Crippen LogP contribution in [0, 0.1) is 6.92 Å². The smallest absolute Gasteiger partial charge is 0.286 e. The number of rotatable bonds is 6. The summed E-state index contributed by atoms with van der Waals surface area (Å²) in [6.07, 6.45) is 4.03. The van der Waals surface area contributed by atoms with Crippen molar-refractivity contribution in [2.24, 2.45) is 4.99 Å². The van der Waals surface area contributed by atoms with E-state index in [0.717, 1.165) is 39.0 Å². The molecular weight excluding hydrogens is 532 g/mol. The molecule has 41 heavy (non-hydrogen) atoms. The van der Waals surface area contributed by atoms with Gasteiger partial charge < -0.3 is 14.4 Å². The van der Waals surface area contributed by atoms with E-state index in [-0.39, 0.29) is 18.1 Å². The van der Waals surface area contributed by atoms with Crippen molar-refractivity contribution in [1.82, 2.24) is 14.7 Å². The molecule has 208 valence electrons. The Balaban J connectivity index is 1.30. The van der Waals surface area contributed by atoms with Crippen molar-refractivity contribution < 1.29 is 14.3 Å². The lowest BCUT2D eigenvalue weighted by molar-refractivity contribution is -0.113. The van der Waals surface area contributed by atoms with E-state index in [0.29, 0.717) is 24.6 Å². The van der Waals surface area contributed by atoms with Crippen LogP contribution in [0.15, 0.2) is 95.0 Å². The molecule has 1 amide bonds. The van der Waals surface area contributed by atoms with E-state index in [1.165, 1.54) is 17.3 Å². The number of aliphatic imine (C=N–C) groups is 1. The Morgan fingerprint density at radius 1 is 1.00 bits per heavy atom. The molecule has 2 unspecified atom stereocenters. The molecule has 3 aromatic carbocycles. The molecule has 7 nitrogen and oxygen atoms in total. The lowest BCUT2D eigenvalue weighted by atomic mass is 10.1. The highest BCUT2D eigenvalue weighted by Crippen LogP contribution is 2.35. The first-order valence-electron chi connectivity index (χ1n) is 13.8. The lowest BCUT2D eigenvalue weighted by Gasteiger charge is -2.35. The first-order chi connectivity index (χ1) is 19.9. The number of amides is 1. The fraction of sp³-hybridized carbons (Fsp3) is 0.242. The predicted octanol–water partition coefficient (Wildman–Crippen LogP) is 6.51. The van der Waals surface area contributed by atoms with Crippen molar-refractivity contribution in [2.75, 3.05) is 13.1 Å². The third-order valence-corrected chi connectivity index (χ3v) is 8.03. The van der Waals surface area contributed by atoms with Crippen molar-refractivity contribution in [3.8, 4) is 22.7 Å². The molecule has 1 fully saturated rings. The van der Waals surface area contributed by atoms with E-state index >= 15 is 0 Å². The minimum atomic E-state index is -0.231. The summed E-state index contributed by atoms with van der Waals surface area (Å²) in [5.41, 5.74) is 5.76. The second-order valence-corrected chi connectivity index (χ2v) is 11.5. The summed E-state index contributed by atoms with van der Waals surface area (Å²) in [5.74, 6) is 0.522. The number of morpholine rings is 1. The van der Waals surface area contributed by atoms with Crippen LogP contribution in [0.5, 0.6) is 5.75 Å². The minimum absolute atomic E-state index is 0.0846. The van der Waals surface area contributed by atoms with Crippen LogP contribution in [0.4, 0.5) is 0 Å². The van der Waals surface area contributed by atoms with Gasteiger partial charge in [0.15, 0.2) is 5.17 Å². The zero-order chi connectivity index (χ0) is 28.3. The number of nitrogens with zero attached hydrogens (tertiary/aromatic N) is 4. The lowest BCUT2D eigenvalue weighted by Crippen LogP contribution is -2.47. The highest BCUT2D eigenvalue weighted by Gasteiger charge is 2.31. The van der Waals surface area contributed by atoms with Crippen molar-refractivity contribution in [2.45, 2.75) is 39.6 Å². The summed E-state index contributed by atoms with van der Waals surface area (Å²) in [4.78, 5) is 20.1. The molecule has 6 rings (SSSR count). The Hall–Kier alpha value is -4.14. The summed E-state index contributed by atoms with van der Waals surface area (Å²) >= 11 is 1.41. The van der Waals surface area contributed by atoms with Crippen LogP contribution >= 0.6 is 11.8 Å². The van der Waals surface area contributed by atoms with Gasteiger partial charge in [0.25, 0.3) is 5.91 Å². The molecule has 0 radical (unpaired) electrons. The Bertz CT molecular complexity index is 1600. The molecule has 0 bridgehead atoms. The zero-order valence-corrected chi connectivity index (χ0v) is 24.2. The number of hydrogen-bond donors (Lipinski definition) is 0. The van der Waals surface area contributed by atoms with Gasteiger partial charge in [-0.1, -0.05) is 60.2 Å². The van der Waals surface area contributed by atoms with Gasteiger partial charge in [-0.3, -0.25) is 4.79 Å². The number of carbonyl (C=O) groups excluding carboxylic acids is 1. The minimum Gasteiger partial charge on any atom is -0.489 e. The third kappa shape index (κ3) is 6.29. The van der Waals surface area contributed by atoms with Crippen LogP contribution in [-0.2, 0) is 16.1 Å². The number of benzene rings is 3. The van der Waals surface area contributed by atoms with E-state index in [1.807, 2.05) is 85.4 Å². The highest BCUT2D eigenvalue weighted by molar-refractivity contribution is 8.18. The van der Waals surface area contributed by atoms with Gasteiger partial charge in [-0.25, -0.2) is 4.68 Å². The molecule has 4 aromatic rings. The topological polar surface area (TPSA) is 68.9 Å². The van der Waals surface area contributed by atoms with Crippen LogP contribution in [0.25, 0.3) is 23.0 Å². The fourth-order valence-electron chi connectivity index (χ4n) is 5.02. The molecular formula is C33H32N4O3S. The Kier molecular flexibility index (Phi) is 7.76. The second kappa shape index (κ2) is 11.8. The summed E-state index contributed by atoms with van der Waals surface area (Å²) < 4.78 is 13.8. The Morgan fingerprint density at radius 3 is 2.51 bits per heavy atom. The van der Waals surface area contributed by atoms with E-state index in [4.69, 9.17) is 14.6 Å². The number of ether oxygens (including phenoxy) is 2. The van der Waals surface area contributed by atoms with Gasteiger partial charge in [0.2, 0.25) is 0 Å². The van der Waals surface area contributed by atoms with Gasteiger partial charge in [0, 0.05) is 30.4 Å². The number of thioether (sulfide) groups is 1. The number of aromatic nitrogens is 2. The van der Waals surface area contributed by atoms with Crippen molar-refractivity contribution in [3.05, 3.63) is 107 Å². The van der Waals surface area contributed by atoms with Crippen LogP contribution in [0.2, 0.25) is 0 Å². The third-order valence-electron chi connectivity index (χ3n) is 6.98. The summed E-state index contributed by atoms with van der Waals surface area (Å²) in [6, 6.07) is 26.2. The molecule has 1 saturated heterocycles. The predicted molar refractivity (Wildman–Crippen MR) is 164 cm³/mol. The van der Waals surface area contributed by atoms with Gasteiger partial charge in [0.1, 0.15) is 18.1 Å². The molecule has 2 aliphatic heterocycles. The SMILES string of the molecule is Cc1ccc(COc2cccc(-c3nn(-c4ccccc4)cc3C=C3SC(N4CC(C)OC(C)C4)=NC3=O)c2)cc1. The Labute approximate surface area is 244 Å². The van der Waals surface area contributed by atoms with E-state index in [1.54, 1.807) is 0 Å². The van der Waals surface area contributed by atoms with E-state index in [9.17, 15) is 4.79 Å². The van der Waals surface area contributed by atoms with Gasteiger partial charge in [0.05, 0.1) is 22.8 Å². The molecule has 2 atom stereocenters. The number of amidine groups is 1. The van der Waals surface area contributed by atoms with Crippen molar-refractivity contribution >= 4 is 28.9 Å². The molecule has 3 heterocycles. The quantitative estimate of drug-likeness (QED) is 0.249. The normalized spacial score (nSPS) is 20.0. The summed E-state index contributed by atoms with van der Waals surface area (Å²) in [6.45, 7) is 8.06. The monoisotopic (exact) mass is 564 g/mol. The largest absolute Gasteiger partial charge is 0.489 e. The number of carbonyl (C=O) groups is 1. The Morgan fingerprint density at radius 2 is 1.76 bits per heavy atom. The maximum absolute atomic E-state index is 13.0. The van der Waals surface area contributed by atoms with Crippen molar-refractivity contribution in [3.63, 3.8) is 0 Å². The van der Waals surface area contributed by atoms with Crippen molar-refractivity contribution in [1.29, 1.82) is 0 Å². The van der Waals surface area contributed by atoms with Gasteiger partial charge >= 0.3 is 0 Å². The molecule has 0 saturated carbocycles. The first-order valence-corrected chi connectivity index (χ1v) is 14.6. The fourth-order valence-corrected chi connectivity index (χ4v) is 5.95. The summed E-state index contributed by atoms with van der Waals surface area (Å²) in [5, 5.41) is 5.68. The first kappa shape index (κ1) is 27.1. The average Bonchev–Trinajstić information content (AvgIpc) is 3.56. The molecule has 1 aromatic heterocycles. The molecule has 0 spiro atoms. The molecule has 0 aliphatic carbocycles. The number of aryl methyl sites for hydroxylation is 1. The summed E-state index contributed by atoms with van der Waals surface area (Å²) in [7, 11) is 0. The molecule has 2 aliphatic rings. The maximum atomic E-state index is 13.0. The maximum Gasteiger partial charge on any atom is 0.286 e. The van der Waals surface area contributed by atoms with Gasteiger partial charge in [-0.15, -0.1) is 0 Å². The zero-order valence-electron chi connectivity index (χ0n) is 23.4. The van der Waals surface area contributed by atoms with Crippen LogP contribution in [0.3, 0.4) is 0 Å². The van der Waals surface area contributed by atoms with Gasteiger partial charge in [-0.2, -0.15) is 10.1 Å². The number of hydrogen-bond acceptors (Lipinski definition) is 6. The van der Waals surface area contributed by atoms with E-state index < -0.39 is 0 Å². The van der Waals surface area contributed by atoms with Crippen LogP contribution in [-0.4, -0.2) is 51.1 Å². The number of para-hydroxylation sites is 1. The average molecular weight is 565 g/mol. The van der Waals surface area contributed by atoms with E-state index in [2.05, 4.69) is 41.1 Å².